The van der Waals surface area contributed by atoms with Crippen molar-refractivity contribution in [2.24, 2.45) is 5.92 Å². The van der Waals surface area contributed by atoms with Crippen LogP contribution in [0.2, 0.25) is 5.28 Å². The summed E-state index contributed by atoms with van der Waals surface area (Å²) in [5.74, 6) is 1.36. The van der Waals surface area contributed by atoms with Crippen molar-refractivity contribution in [2.45, 2.75) is 37.8 Å². The maximum atomic E-state index is 12.0. The number of thioether (sulfide) groups is 1. The van der Waals surface area contributed by atoms with Crippen LogP contribution >= 0.6 is 23.4 Å². The minimum absolute atomic E-state index is 0.222. The molecule has 1 amide bonds. The fourth-order valence-corrected chi connectivity index (χ4v) is 3.25. The maximum Gasteiger partial charge on any atom is 0.410 e. The van der Waals surface area contributed by atoms with Gasteiger partial charge in [-0.2, -0.15) is 0 Å². The van der Waals surface area contributed by atoms with Gasteiger partial charge in [0.1, 0.15) is 10.6 Å². The second-order valence-electron chi connectivity index (χ2n) is 6.06. The third-order valence-electron chi connectivity index (χ3n) is 3.01. The number of carbonyl (C=O) groups excluding carboxylic acids is 1. The molecule has 7 heteroatoms. The van der Waals surface area contributed by atoms with E-state index in [1.54, 1.807) is 22.9 Å². The summed E-state index contributed by atoms with van der Waals surface area (Å²) in [6.45, 7) is 7.14. The lowest BCUT2D eigenvalue weighted by molar-refractivity contribution is 0.0289. The van der Waals surface area contributed by atoms with E-state index in [9.17, 15) is 4.79 Å². The molecule has 1 fully saturated rings. The highest BCUT2D eigenvalue weighted by atomic mass is 35.5. The SMILES string of the molecule is CC(C)(C)OC(=O)N1CC[C@H](CSc2ccnc(Cl)n2)C1. The van der Waals surface area contributed by atoms with Crippen LogP contribution < -0.4 is 0 Å². The molecule has 1 atom stereocenters. The van der Waals surface area contributed by atoms with E-state index >= 15 is 0 Å². The predicted octanol–water partition coefficient (Wildman–Crippen LogP) is 3.48. The zero-order valence-corrected chi connectivity index (χ0v) is 14.1. The Morgan fingerprint density at radius 1 is 1.57 bits per heavy atom. The van der Waals surface area contributed by atoms with Crippen molar-refractivity contribution in [1.29, 1.82) is 0 Å². The van der Waals surface area contributed by atoms with Crippen molar-refractivity contribution < 1.29 is 9.53 Å². The van der Waals surface area contributed by atoms with Crippen LogP contribution in [-0.2, 0) is 4.74 Å². The minimum atomic E-state index is -0.443. The molecular formula is C14H20ClN3O2S. The Kier molecular flexibility index (Phi) is 5.32. The second kappa shape index (κ2) is 6.83. The molecule has 116 valence electrons. The van der Waals surface area contributed by atoms with Crippen molar-refractivity contribution in [3.05, 3.63) is 17.5 Å². The lowest BCUT2D eigenvalue weighted by Crippen LogP contribution is -2.35. The molecule has 0 bridgehead atoms. The van der Waals surface area contributed by atoms with Crippen molar-refractivity contribution in [3.8, 4) is 0 Å². The molecule has 1 aromatic heterocycles. The molecule has 0 aliphatic carbocycles. The van der Waals surface area contributed by atoms with Crippen LogP contribution in [0.25, 0.3) is 0 Å². The average Bonchev–Trinajstić information content (AvgIpc) is 2.83. The van der Waals surface area contributed by atoms with Crippen LogP contribution in [0.15, 0.2) is 17.3 Å². The van der Waals surface area contributed by atoms with Crippen LogP contribution in [-0.4, -0.2) is 45.4 Å². The number of nitrogens with zero attached hydrogens (tertiary/aromatic N) is 3. The molecule has 0 spiro atoms. The van der Waals surface area contributed by atoms with Crippen LogP contribution in [0, 0.1) is 5.92 Å². The van der Waals surface area contributed by atoms with Gasteiger partial charge in [-0.1, -0.05) is 0 Å². The van der Waals surface area contributed by atoms with Gasteiger partial charge >= 0.3 is 6.09 Å². The van der Waals surface area contributed by atoms with E-state index in [4.69, 9.17) is 16.3 Å². The number of carbonyl (C=O) groups is 1. The molecular weight excluding hydrogens is 310 g/mol. The monoisotopic (exact) mass is 329 g/mol. The van der Waals surface area contributed by atoms with Gasteiger partial charge in [0.05, 0.1) is 0 Å². The first-order valence-electron chi connectivity index (χ1n) is 6.93. The molecule has 0 aromatic carbocycles. The summed E-state index contributed by atoms with van der Waals surface area (Å²) in [6.07, 6.45) is 2.42. The molecule has 1 aromatic rings. The topological polar surface area (TPSA) is 55.3 Å². The normalized spacial score (nSPS) is 18.9. The van der Waals surface area contributed by atoms with E-state index in [0.717, 1.165) is 30.3 Å². The van der Waals surface area contributed by atoms with Crippen molar-refractivity contribution in [1.82, 2.24) is 14.9 Å². The van der Waals surface area contributed by atoms with E-state index < -0.39 is 5.60 Å². The third-order valence-corrected chi connectivity index (χ3v) is 4.35. The Morgan fingerprint density at radius 3 is 3.00 bits per heavy atom. The largest absolute Gasteiger partial charge is 0.444 e. The van der Waals surface area contributed by atoms with Gasteiger partial charge in [0, 0.05) is 25.0 Å². The lowest BCUT2D eigenvalue weighted by Gasteiger charge is -2.24. The zero-order valence-electron chi connectivity index (χ0n) is 12.5. The molecule has 5 nitrogen and oxygen atoms in total. The van der Waals surface area contributed by atoms with E-state index in [1.165, 1.54) is 0 Å². The van der Waals surface area contributed by atoms with Crippen molar-refractivity contribution in [3.63, 3.8) is 0 Å². The summed E-state index contributed by atoms with van der Waals surface area (Å²) in [6, 6.07) is 1.84. The smallest absolute Gasteiger partial charge is 0.410 e. The molecule has 0 N–H and O–H groups in total. The van der Waals surface area contributed by atoms with Gasteiger partial charge in [-0.05, 0) is 50.8 Å². The Morgan fingerprint density at radius 2 is 2.33 bits per heavy atom. The Labute approximate surface area is 134 Å². The number of amides is 1. The molecule has 2 heterocycles. The predicted molar refractivity (Wildman–Crippen MR) is 83.7 cm³/mol. The first-order valence-corrected chi connectivity index (χ1v) is 8.29. The molecule has 0 saturated carbocycles. The molecule has 1 aliphatic heterocycles. The zero-order chi connectivity index (χ0) is 15.5. The number of halogens is 1. The first kappa shape index (κ1) is 16.4. The van der Waals surface area contributed by atoms with Gasteiger partial charge < -0.3 is 9.64 Å². The summed E-state index contributed by atoms with van der Waals surface area (Å²) in [7, 11) is 0. The number of ether oxygens (including phenoxy) is 1. The summed E-state index contributed by atoms with van der Waals surface area (Å²) < 4.78 is 5.39. The molecule has 0 radical (unpaired) electrons. The van der Waals surface area contributed by atoms with Gasteiger partial charge in [0.2, 0.25) is 5.28 Å². The molecule has 2 rings (SSSR count). The van der Waals surface area contributed by atoms with E-state index in [-0.39, 0.29) is 11.4 Å². The lowest BCUT2D eigenvalue weighted by atomic mass is 10.2. The summed E-state index contributed by atoms with van der Waals surface area (Å²) >= 11 is 7.41. The maximum absolute atomic E-state index is 12.0. The molecule has 1 aliphatic rings. The van der Waals surface area contributed by atoms with Gasteiger partial charge in [0.15, 0.2) is 0 Å². The second-order valence-corrected chi connectivity index (χ2v) is 7.43. The highest BCUT2D eigenvalue weighted by Crippen LogP contribution is 2.26. The number of rotatable bonds is 3. The average molecular weight is 330 g/mol. The summed E-state index contributed by atoms with van der Waals surface area (Å²) in [5, 5.41) is 1.13. The molecule has 1 saturated heterocycles. The Hall–Kier alpha value is -1.01. The number of hydrogen-bond donors (Lipinski definition) is 0. The highest BCUT2D eigenvalue weighted by molar-refractivity contribution is 7.99. The van der Waals surface area contributed by atoms with Gasteiger partial charge in [-0.25, -0.2) is 14.8 Å². The fourth-order valence-electron chi connectivity index (χ4n) is 2.06. The van der Waals surface area contributed by atoms with Gasteiger partial charge in [0.25, 0.3) is 0 Å². The Balaban J connectivity index is 1.79. The number of hydrogen-bond acceptors (Lipinski definition) is 5. The highest BCUT2D eigenvalue weighted by Gasteiger charge is 2.29. The van der Waals surface area contributed by atoms with Gasteiger partial charge in [-0.3, -0.25) is 0 Å². The standard InChI is InChI=1S/C14H20ClN3O2S/c1-14(2,3)20-13(19)18-7-5-10(8-18)9-21-11-4-6-16-12(15)17-11/h4,6,10H,5,7-9H2,1-3H3/t10-/m0/s1. The number of aromatic nitrogens is 2. The first-order chi connectivity index (χ1) is 9.83. The number of likely N-dealkylation sites (tertiary alicyclic amines) is 1. The van der Waals surface area contributed by atoms with Crippen LogP contribution in [0.1, 0.15) is 27.2 Å². The quantitative estimate of drug-likeness (QED) is 0.483. The molecule has 21 heavy (non-hydrogen) atoms. The van der Waals surface area contributed by atoms with Gasteiger partial charge in [-0.15, -0.1) is 11.8 Å². The summed E-state index contributed by atoms with van der Waals surface area (Å²) in [4.78, 5) is 21.8. The summed E-state index contributed by atoms with van der Waals surface area (Å²) in [5.41, 5.74) is -0.443. The van der Waals surface area contributed by atoms with Crippen molar-refractivity contribution in [2.75, 3.05) is 18.8 Å². The van der Waals surface area contributed by atoms with Crippen LogP contribution in [0.3, 0.4) is 0 Å². The van der Waals surface area contributed by atoms with Crippen molar-refractivity contribution >= 4 is 29.5 Å². The van der Waals surface area contributed by atoms with E-state index in [0.29, 0.717) is 5.92 Å². The minimum Gasteiger partial charge on any atom is -0.444 e. The van der Waals surface area contributed by atoms with E-state index in [2.05, 4.69) is 9.97 Å². The third kappa shape index (κ3) is 5.36. The van der Waals surface area contributed by atoms with Crippen LogP contribution in [0.4, 0.5) is 4.79 Å². The van der Waals surface area contributed by atoms with Crippen LogP contribution in [0.5, 0.6) is 0 Å². The Bertz CT molecular complexity index is 507. The van der Waals surface area contributed by atoms with E-state index in [1.807, 2.05) is 26.8 Å². The fraction of sp³-hybridized carbons (Fsp3) is 0.643. The molecule has 0 unspecified atom stereocenters.